The van der Waals surface area contributed by atoms with Gasteiger partial charge in [-0.2, -0.15) is 0 Å². The van der Waals surface area contributed by atoms with E-state index in [1.54, 1.807) is 30.3 Å². The number of hydrogen-bond acceptors (Lipinski definition) is 3. The Hall–Kier alpha value is -2.51. The highest BCUT2D eigenvalue weighted by Gasteiger charge is 2.14. The molecule has 4 nitrogen and oxygen atoms in total. The van der Waals surface area contributed by atoms with Gasteiger partial charge in [-0.25, -0.2) is 0 Å². The van der Waals surface area contributed by atoms with Crippen LogP contribution >= 0.6 is 0 Å². The normalized spacial score (nSPS) is 9.86. The van der Waals surface area contributed by atoms with Crippen LogP contribution in [0.5, 0.6) is 0 Å². The van der Waals surface area contributed by atoms with Crippen molar-refractivity contribution in [2.24, 2.45) is 5.73 Å². The molecule has 1 aromatic carbocycles. The summed E-state index contributed by atoms with van der Waals surface area (Å²) < 4.78 is 5.25. The van der Waals surface area contributed by atoms with Crippen molar-refractivity contribution < 1.29 is 9.21 Å². The molecule has 0 radical (unpaired) electrons. The number of hydrogen-bond donors (Lipinski definition) is 1. The average molecular weight is 282 g/mol. The van der Waals surface area contributed by atoms with Crippen molar-refractivity contribution in [1.82, 2.24) is 4.90 Å². The average Bonchev–Trinajstić information content (AvgIpc) is 2.90. The van der Waals surface area contributed by atoms with E-state index in [9.17, 15) is 4.79 Å². The number of furan rings is 1. The Bertz CT molecular complexity index is 692. The number of carbonyl (C=O) groups excluding carboxylic acids is 1. The second-order valence-electron chi connectivity index (χ2n) is 4.75. The number of nitrogens with zero attached hydrogens (tertiary/aromatic N) is 1. The van der Waals surface area contributed by atoms with Gasteiger partial charge in [0.25, 0.3) is 5.91 Å². The van der Waals surface area contributed by atoms with Gasteiger partial charge in [0.1, 0.15) is 5.76 Å². The number of carbonyl (C=O) groups is 1. The van der Waals surface area contributed by atoms with Crippen molar-refractivity contribution in [1.29, 1.82) is 0 Å². The number of amides is 1. The fraction of sp³-hybridized carbons (Fsp3) is 0.235. The molecular formula is C17H18N2O2. The lowest BCUT2D eigenvalue weighted by Crippen LogP contribution is -2.26. The molecule has 0 atom stereocenters. The molecule has 21 heavy (non-hydrogen) atoms. The first kappa shape index (κ1) is 14.9. The quantitative estimate of drug-likeness (QED) is 0.878. The molecule has 0 bridgehead atoms. The standard InChI is InChI=1S/C17H18N2O2/c1-13-16(8-10-21-13)12-19(2)17(20)15-7-3-5-14(11-15)6-4-9-18/h3,5,7-8,10-11H,9,12,18H2,1-2H3. The van der Waals surface area contributed by atoms with Gasteiger partial charge in [-0.15, -0.1) is 0 Å². The van der Waals surface area contributed by atoms with Crippen molar-refractivity contribution in [2.75, 3.05) is 13.6 Å². The van der Waals surface area contributed by atoms with E-state index in [1.165, 1.54) is 0 Å². The van der Waals surface area contributed by atoms with E-state index in [0.29, 0.717) is 18.7 Å². The summed E-state index contributed by atoms with van der Waals surface area (Å²) in [5.74, 6) is 6.50. The molecular weight excluding hydrogens is 264 g/mol. The van der Waals surface area contributed by atoms with E-state index >= 15 is 0 Å². The Labute approximate surface area is 124 Å². The summed E-state index contributed by atoms with van der Waals surface area (Å²) in [6.07, 6.45) is 1.63. The first-order valence-electron chi connectivity index (χ1n) is 6.69. The van der Waals surface area contributed by atoms with Gasteiger partial charge in [0.05, 0.1) is 12.8 Å². The summed E-state index contributed by atoms with van der Waals surface area (Å²) >= 11 is 0. The number of nitrogens with two attached hydrogens (primary N) is 1. The molecule has 4 heteroatoms. The molecule has 0 spiro atoms. The van der Waals surface area contributed by atoms with Gasteiger partial charge in [-0.05, 0) is 31.2 Å². The third-order valence-corrected chi connectivity index (χ3v) is 3.16. The largest absolute Gasteiger partial charge is 0.469 e. The van der Waals surface area contributed by atoms with Gasteiger partial charge in [0.15, 0.2) is 0 Å². The molecule has 1 heterocycles. The number of aryl methyl sites for hydroxylation is 1. The Morgan fingerprint density at radius 1 is 1.38 bits per heavy atom. The van der Waals surface area contributed by atoms with Crippen LogP contribution in [0.1, 0.15) is 27.2 Å². The van der Waals surface area contributed by atoms with Gasteiger partial charge < -0.3 is 15.1 Å². The molecule has 0 aliphatic carbocycles. The van der Waals surface area contributed by atoms with E-state index in [4.69, 9.17) is 10.2 Å². The van der Waals surface area contributed by atoms with Crippen LogP contribution in [-0.4, -0.2) is 24.4 Å². The van der Waals surface area contributed by atoms with Crippen LogP contribution in [0.25, 0.3) is 0 Å². The summed E-state index contributed by atoms with van der Waals surface area (Å²) in [6.45, 7) is 2.70. The van der Waals surface area contributed by atoms with Gasteiger partial charge in [-0.1, -0.05) is 17.9 Å². The smallest absolute Gasteiger partial charge is 0.253 e. The lowest BCUT2D eigenvalue weighted by atomic mass is 10.1. The summed E-state index contributed by atoms with van der Waals surface area (Å²) in [5.41, 5.74) is 7.76. The summed E-state index contributed by atoms with van der Waals surface area (Å²) in [5, 5.41) is 0. The zero-order chi connectivity index (χ0) is 15.2. The number of rotatable bonds is 3. The van der Waals surface area contributed by atoms with Crippen LogP contribution in [0, 0.1) is 18.8 Å². The first-order chi connectivity index (χ1) is 10.1. The zero-order valence-electron chi connectivity index (χ0n) is 12.2. The van der Waals surface area contributed by atoms with E-state index in [0.717, 1.165) is 16.9 Å². The van der Waals surface area contributed by atoms with Gasteiger partial charge in [0, 0.05) is 30.3 Å². The predicted molar refractivity (Wildman–Crippen MR) is 81.6 cm³/mol. The second kappa shape index (κ2) is 6.78. The molecule has 0 aliphatic heterocycles. The fourth-order valence-electron chi connectivity index (χ4n) is 2.01. The lowest BCUT2D eigenvalue weighted by molar-refractivity contribution is 0.0784. The van der Waals surface area contributed by atoms with Crippen LogP contribution in [0.2, 0.25) is 0 Å². The van der Waals surface area contributed by atoms with E-state index in [1.807, 2.05) is 25.1 Å². The topological polar surface area (TPSA) is 59.5 Å². The van der Waals surface area contributed by atoms with Gasteiger partial charge in [0.2, 0.25) is 0 Å². The van der Waals surface area contributed by atoms with Crippen LogP contribution in [0.3, 0.4) is 0 Å². The minimum atomic E-state index is -0.0491. The molecule has 108 valence electrons. The Morgan fingerprint density at radius 3 is 2.86 bits per heavy atom. The summed E-state index contributed by atoms with van der Waals surface area (Å²) in [6, 6.07) is 9.13. The summed E-state index contributed by atoms with van der Waals surface area (Å²) in [4.78, 5) is 14.1. The Balaban J connectivity index is 2.14. The fourth-order valence-corrected chi connectivity index (χ4v) is 2.01. The van der Waals surface area contributed by atoms with E-state index in [2.05, 4.69) is 11.8 Å². The molecule has 0 saturated heterocycles. The SMILES string of the molecule is Cc1occc1CN(C)C(=O)c1cccc(C#CCN)c1. The summed E-state index contributed by atoms with van der Waals surface area (Å²) in [7, 11) is 1.77. The third-order valence-electron chi connectivity index (χ3n) is 3.16. The van der Waals surface area contributed by atoms with Crippen LogP contribution < -0.4 is 5.73 Å². The molecule has 2 rings (SSSR count). The van der Waals surface area contributed by atoms with Crippen molar-refractivity contribution >= 4 is 5.91 Å². The van der Waals surface area contributed by atoms with Gasteiger partial charge >= 0.3 is 0 Å². The van der Waals surface area contributed by atoms with Crippen LogP contribution in [-0.2, 0) is 6.54 Å². The maximum absolute atomic E-state index is 12.4. The van der Waals surface area contributed by atoms with Gasteiger partial charge in [-0.3, -0.25) is 4.79 Å². The highest BCUT2D eigenvalue weighted by atomic mass is 16.3. The molecule has 2 N–H and O–H groups in total. The number of benzene rings is 1. The molecule has 0 aliphatic rings. The highest BCUT2D eigenvalue weighted by molar-refractivity contribution is 5.94. The van der Waals surface area contributed by atoms with Crippen molar-refractivity contribution in [2.45, 2.75) is 13.5 Å². The van der Waals surface area contributed by atoms with Crippen LogP contribution in [0.15, 0.2) is 41.0 Å². The molecule has 1 amide bonds. The maximum Gasteiger partial charge on any atom is 0.253 e. The van der Waals surface area contributed by atoms with Crippen molar-refractivity contribution in [3.63, 3.8) is 0 Å². The van der Waals surface area contributed by atoms with E-state index in [-0.39, 0.29) is 5.91 Å². The molecule has 0 saturated carbocycles. The monoisotopic (exact) mass is 282 g/mol. The third kappa shape index (κ3) is 3.74. The van der Waals surface area contributed by atoms with E-state index < -0.39 is 0 Å². The minimum Gasteiger partial charge on any atom is -0.469 e. The lowest BCUT2D eigenvalue weighted by Gasteiger charge is -2.17. The van der Waals surface area contributed by atoms with Crippen molar-refractivity contribution in [3.8, 4) is 11.8 Å². The first-order valence-corrected chi connectivity index (χ1v) is 6.69. The second-order valence-corrected chi connectivity index (χ2v) is 4.75. The Morgan fingerprint density at radius 2 is 2.19 bits per heavy atom. The zero-order valence-corrected chi connectivity index (χ0v) is 12.2. The van der Waals surface area contributed by atoms with Crippen LogP contribution in [0.4, 0.5) is 0 Å². The molecule has 0 fully saturated rings. The molecule has 1 aromatic heterocycles. The molecule has 2 aromatic rings. The predicted octanol–water partition coefficient (Wildman–Crippen LogP) is 2.17. The molecule has 0 unspecified atom stereocenters. The Kier molecular flexibility index (Phi) is 4.81. The van der Waals surface area contributed by atoms with Crippen molar-refractivity contribution in [3.05, 3.63) is 59.0 Å². The highest BCUT2D eigenvalue weighted by Crippen LogP contribution is 2.13. The minimum absolute atomic E-state index is 0.0491. The maximum atomic E-state index is 12.4.